The fourth-order valence-corrected chi connectivity index (χ4v) is 6.15. The third kappa shape index (κ3) is 5.79. The zero-order valence-electron chi connectivity index (χ0n) is 18.8. The van der Waals surface area contributed by atoms with Gasteiger partial charge in [-0.1, -0.05) is 38.5 Å². The fourth-order valence-electron chi connectivity index (χ4n) is 6.15. The summed E-state index contributed by atoms with van der Waals surface area (Å²) in [4.78, 5) is 0. The predicted octanol–water partition coefficient (Wildman–Crippen LogP) is 4.53. The van der Waals surface area contributed by atoms with Crippen molar-refractivity contribution in [3.05, 3.63) is 0 Å². The highest BCUT2D eigenvalue weighted by molar-refractivity contribution is 4.97. The number of rotatable bonds is 9. The minimum Gasteiger partial charge on any atom is -0.376 e. The molecule has 4 aliphatic rings. The summed E-state index contributed by atoms with van der Waals surface area (Å²) >= 11 is 0. The standard InChI is InChI=1S/C25H38N2O4/c26-13-11-21(18-7-3-1-4-8-18)28-15-20-16-29-25-23(17-30-24(20)25)31-22(12-14-27)19-9-5-2-6-10-19/h18-25H,1-12,15-17H2/t20-,21?,22?,23-,24?,25?/m1/s1. The second-order valence-electron chi connectivity index (χ2n) is 9.96. The summed E-state index contributed by atoms with van der Waals surface area (Å²) in [7, 11) is 0. The molecule has 31 heavy (non-hydrogen) atoms. The average Bonchev–Trinajstić information content (AvgIpc) is 3.40. The van der Waals surface area contributed by atoms with Crippen LogP contribution in [0.3, 0.4) is 0 Å². The fraction of sp³-hybridized carbons (Fsp3) is 0.920. The van der Waals surface area contributed by atoms with Crippen LogP contribution < -0.4 is 0 Å². The molecule has 0 radical (unpaired) electrons. The van der Waals surface area contributed by atoms with Crippen LogP contribution in [0.25, 0.3) is 0 Å². The Bertz CT molecular complexity index is 632. The maximum absolute atomic E-state index is 9.31. The van der Waals surface area contributed by atoms with Crippen molar-refractivity contribution in [2.75, 3.05) is 19.8 Å². The third-order valence-corrected chi connectivity index (χ3v) is 7.92. The van der Waals surface area contributed by atoms with Gasteiger partial charge in [0, 0.05) is 5.92 Å². The van der Waals surface area contributed by atoms with Crippen LogP contribution in [-0.2, 0) is 18.9 Å². The molecule has 2 saturated carbocycles. The van der Waals surface area contributed by atoms with E-state index in [9.17, 15) is 10.5 Å². The zero-order valence-corrected chi connectivity index (χ0v) is 18.8. The molecular weight excluding hydrogens is 392 g/mol. The molecule has 4 fully saturated rings. The van der Waals surface area contributed by atoms with Gasteiger partial charge in [-0.3, -0.25) is 0 Å². The summed E-state index contributed by atoms with van der Waals surface area (Å²) in [6, 6.07) is 4.66. The van der Waals surface area contributed by atoms with Crippen molar-refractivity contribution in [1.29, 1.82) is 10.5 Å². The van der Waals surface area contributed by atoms with E-state index in [-0.39, 0.29) is 36.4 Å². The maximum atomic E-state index is 9.31. The Kier molecular flexibility index (Phi) is 8.62. The van der Waals surface area contributed by atoms with Gasteiger partial charge in [0.25, 0.3) is 0 Å². The highest BCUT2D eigenvalue weighted by Crippen LogP contribution is 2.37. The maximum Gasteiger partial charge on any atom is 0.112 e. The SMILES string of the molecule is N#CCC(OC[C@@H]1COC2C1OC[C@H]2OC(CC#N)C1CCCCC1)C1CCCCC1. The van der Waals surface area contributed by atoms with E-state index in [1.165, 1.54) is 51.4 Å². The molecule has 6 atom stereocenters. The monoisotopic (exact) mass is 430 g/mol. The number of fused-ring (bicyclic) bond motifs is 1. The van der Waals surface area contributed by atoms with Crippen LogP contribution in [-0.4, -0.2) is 50.3 Å². The molecule has 6 heteroatoms. The van der Waals surface area contributed by atoms with Crippen LogP contribution in [0, 0.1) is 40.4 Å². The van der Waals surface area contributed by atoms with Crippen LogP contribution >= 0.6 is 0 Å². The zero-order chi connectivity index (χ0) is 21.5. The number of nitrogens with zero attached hydrogens (tertiary/aromatic N) is 2. The molecule has 0 N–H and O–H groups in total. The summed E-state index contributed by atoms with van der Waals surface area (Å²) in [5, 5.41) is 18.6. The van der Waals surface area contributed by atoms with Gasteiger partial charge in [-0.05, 0) is 37.5 Å². The second kappa shape index (κ2) is 11.6. The molecule has 4 rings (SSSR count). The summed E-state index contributed by atoms with van der Waals surface area (Å²) in [5.41, 5.74) is 0. The molecule has 2 saturated heterocycles. The molecule has 2 aliphatic carbocycles. The van der Waals surface area contributed by atoms with E-state index >= 15 is 0 Å². The van der Waals surface area contributed by atoms with E-state index in [0.29, 0.717) is 44.5 Å². The number of hydrogen-bond acceptors (Lipinski definition) is 6. The van der Waals surface area contributed by atoms with Crippen molar-refractivity contribution in [3.63, 3.8) is 0 Å². The Balaban J connectivity index is 1.29. The van der Waals surface area contributed by atoms with Gasteiger partial charge in [-0.25, -0.2) is 0 Å². The first kappa shape index (κ1) is 23.0. The van der Waals surface area contributed by atoms with Gasteiger partial charge in [0.05, 0.1) is 63.1 Å². The largest absolute Gasteiger partial charge is 0.376 e. The van der Waals surface area contributed by atoms with E-state index in [2.05, 4.69) is 12.1 Å². The van der Waals surface area contributed by atoms with E-state index in [1.807, 2.05) is 0 Å². The van der Waals surface area contributed by atoms with Crippen LogP contribution in [0.4, 0.5) is 0 Å². The molecule has 0 aromatic carbocycles. The first-order valence-corrected chi connectivity index (χ1v) is 12.5. The topological polar surface area (TPSA) is 84.5 Å². The van der Waals surface area contributed by atoms with Gasteiger partial charge in [0.15, 0.2) is 0 Å². The lowest BCUT2D eigenvalue weighted by molar-refractivity contribution is -0.0933. The lowest BCUT2D eigenvalue weighted by Crippen LogP contribution is -2.38. The van der Waals surface area contributed by atoms with E-state index in [4.69, 9.17) is 18.9 Å². The van der Waals surface area contributed by atoms with Crippen molar-refractivity contribution in [1.82, 2.24) is 0 Å². The Morgan fingerprint density at radius 1 is 0.742 bits per heavy atom. The minimum atomic E-state index is -0.0940. The van der Waals surface area contributed by atoms with E-state index < -0.39 is 0 Å². The minimum absolute atomic E-state index is 0.00631. The Morgan fingerprint density at radius 2 is 1.32 bits per heavy atom. The smallest absolute Gasteiger partial charge is 0.112 e. The first-order chi connectivity index (χ1) is 15.3. The van der Waals surface area contributed by atoms with Crippen molar-refractivity contribution in [2.24, 2.45) is 17.8 Å². The van der Waals surface area contributed by atoms with Gasteiger partial charge < -0.3 is 18.9 Å². The summed E-state index contributed by atoms with van der Waals surface area (Å²) in [6.45, 7) is 1.73. The molecule has 6 nitrogen and oxygen atoms in total. The highest BCUT2D eigenvalue weighted by atomic mass is 16.6. The highest BCUT2D eigenvalue weighted by Gasteiger charge is 2.49. The molecule has 0 aromatic rings. The van der Waals surface area contributed by atoms with Gasteiger partial charge >= 0.3 is 0 Å². The normalized spacial score (nSPS) is 34.0. The van der Waals surface area contributed by atoms with Gasteiger partial charge in [0.2, 0.25) is 0 Å². The molecule has 2 heterocycles. The van der Waals surface area contributed by atoms with E-state index in [0.717, 1.165) is 12.8 Å². The summed E-state index contributed by atoms with van der Waals surface area (Å²) in [6.07, 6.45) is 13.0. The van der Waals surface area contributed by atoms with Crippen molar-refractivity contribution < 1.29 is 18.9 Å². The van der Waals surface area contributed by atoms with Crippen molar-refractivity contribution in [3.8, 4) is 12.1 Å². The molecule has 0 spiro atoms. The van der Waals surface area contributed by atoms with Crippen molar-refractivity contribution >= 4 is 0 Å². The summed E-state index contributed by atoms with van der Waals surface area (Å²) in [5.74, 6) is 1.18. The molecule has 172 valence electrons. The Hall–Kier alpha value is -1.18. The molecular formula is C25H38N2O4. The van der Waals surface area contributed by atoms with E-state index in [1.54, 1.807) is 0 Å². The Morgan fingerprint density at radius 3 is 1.97 bits per heavy atom. The number of hydrogen-bond donors (Lipinski definition) is 0. The van der Waals surface area contributed by atoms with Crippen LogP contribution in [0.15, 0.2) is 0 Å². The summed E-state index contributed by atoms with van der Waals surface area (Å²) < 4.78 is 25.0. The second-order valence-corrected chi connectivity index (χ2v) is 9.96. The molecule has 2 aliphatic heterocycles. The molecule has 0 bridgehead atoms. The van der Waals surface area contributed by atoms with Crippen LogP contribution in [0.1, 0.15) is 77.0 Å². The van der Waals surface area contributed by atoms with Crippen LogP contribution in [0.5, 0.6) is 0 Å². The first-order valence-electron chi connectivity index (χ1n) is 12.5. The lowest BCUT2D eigenvalue weighted by atomic mass is 9.84. The number of nitriles is 2. The quantitative estimate of drug-likeness (QED) is 0.534. The van der Waals surface area contributed by atoms with Gasteiger partial charge in [-0.2, -0.15) is 10.5 Å². The number of ether oxygens (including phenoxy) is 4. The molecule has 0 aromatic heterocycles. The molecule has 0 amide bonds. The van der Waals surface area contributed by atoms with Gasteiger partial charge in [0.1, 0.15) is 12.2 Å². The molecule has 4 unspecified atom stereocenters. The Labute approximate surface area is 187 Å². The lowest BCUT2D eigenvalue weighted by Gasteiger charge is -2.31. The van der Waals surface area contributed by atoms with Gasteiger partial charge in [-0.15, -0.1) is 0 Å². The third-order valence-electron chi connectivity index (χ3n) is 7.92. The predicted molar refractivity (Wildman–Crippen MR) is 115 cm³/mol. The van der Waals surface area contributed by atoms with Crippen LogP contribution in [0.2, 0.25) is 0 Å². The van der Waals surface area contributed by atoms with Crippen molar-refractivity contribution in [2.45, 2.75) is 108 Å². The average molecular weight is 431 g/mol.